The first-order chi connectivity index (χ1) is 34.7. The summed E-state index contributed by atoms with van der Waals surface area (Å²) in [6.45, 7) is 0. The fourth-order valence-electron chi connectivity index (χ4n) is 11.7. The van der Waals surface area contributed by atoms with E-state index in [4.69, 9.17) is 19.7 Å². The maximum atomic E-state index is 6.72. The van der Waals surface area contributed by atoms with Crippen molar-refractivity contribution in [2.45, 2.75) is 18.3 Å². The Labute approximate surface area is 408 Å². The van der Waals surface area contributed by atoms with Crippen molar-refractivity contribution in [3.05, 3.63) is 241 Å². The summed E-state index contributed by atoms with van der Waals surface area (Å²) in [6.07, 6.45) is 9.11. The van der Waals surface area contributed by atoms with Gasteiger partial charge in [0.05, 0.1) is 16.4 Å². The second kappa shape index (κ2) is 15.1. The number of hydrogen-bond acceptors (Lipinski definition) is 5. The van der Waals surface area contributed by atoms with E-state index in [1.165, 1.54) is 69.9 Å². The van der Waals surface area contributed by atoms with E-state index in [-0.39, 0.29) is 0 Å². The van der Waals surface area contributed by atoms with Gasteiger partial charge in [-0.3, -0.25) is 0 Å². The van der Waals surface area contributed by atoms with E-state index in [9.17, 15) is 0 Å². The third-order valence-corrected chi connectivity index (χ3v) is 15.9. The molecule has 15 rings (SSSR count). The molecular formula is C64H40N4OS. The zero-order chi connectivity index (χ0) is 45.9. The maximum absolute atomic E-state index is 6.72. The van der Waals surface area contributed by atoms with Crippen LogP contribution < -0.4 is 4.74 Å². The molecule has 1 spiro atoms. The molecule has 3 aromatic heterocycles. The standard InChI is InChI=1S/C64H40N4OS/c1-4-16-39(17-5-1)61-65-62(40-18-6-2-7-19-40)67-63(66-61)43-29-33-51-48(38-43)47-36-41(28-32-50(47)64(51)52-23-11-13-25-55(52)69-56-26-14-12-24-53(56)64)42-30-34-54-49(37-42)45-31-35-58-59(46-22-10-15-27-57(46)70-58)60(45)68(54)44-20-8-3-9-21-44/h1-2,4-8,10-38H,3,9H2. The Morgan fingerprint density at radius 2 is 1.03 bits per heavy atom. The van der Waals surface area contributed by atoms with Crippen molar-refractivity contribution in [2.24, 2.45) is 0 Å². The maximum Gasteiger partial charge on any atom is 0.164 e. The first-order valence-electron chi connectivity index (χ1n) is 24.0. The van der Waals surface area contributed by atoms with Crippen molar-refractivity contribution in [1.82, 2.24) is 19.5 Å². The Kier molecular flexibility index (Phi) is 8.50. The van der Waals surface area contributed by atoms with Crippen LogP contribution in [0.4, 0.5) is 0 Å². The van der Waals surface area contributed by atoms with E-state index in [1.807, 2.05) is 47.7 Å². The van der Waals surface area contributed by atoms with E-state index in [2.05, 4.69) is 187 Å². The van der Waals surface area contributed by atoms with Crippen molar-refractivity contribution in [1.29, 1.82) is 0 Å². The number of benzene rings is 9. The molecule has 0 saturated carbocycles. The SMILES string of the molecule is C1=CC(n2c3ccc(-c4ccc5c(c4)-c4cc(-c6nc(-c7ccccc7)nc(-c7ccccc7)n6)ccc4C54c5ccccc5Oc5ccccc54)cc3c3ccc4sc5ccccc5c4c32)=CCC1. The van der Waals surface area contributed by atoms with Gasteiger partial charge < -0.3 is 9.30 Å². The highest BCUT2D eigenvalue weighted by atomic mass is 32.1. The molecule has 3 aliphatic rings. The van der Waals surface area contributed by atoms with Crippen molar-refractivity contribution in [3.63, 3.8) is 0 Å². The minimum atomic E-state index is -0.635. The lowest BCUT2D eigenvalue weighted by Gasteiger charge is -2.39. The molecule has 5 nitrogen and oxygen atoms in total. The number of fused-ring (bicyclic) bond motifs is 16. The number of allylic oxidation sites excluding steroid dienone is 4. The topological polar surface area (TPSA) is 52.8 Å². The molecule has 328 valence electrons. The van der Waals surface area contributed by atoms with Crippen LogP contribution in [0.2, 0.25) is 0 Å². The van der Waals surface area contributed by atoms with Gasteiger partial charge >= 0.3 is 0 Å². The Balaban J connectivity index is 0.971. The number of thiophene rings is 1. The summed E-state index contributed by atoms with van der Waals surface area (Å²) in [5, 5.41) is 5.15. The van der Waals surface area contributed by atoms with Gasteiger partial charge in [-0.25, -0.2) is 15.0 Å². The number of hydrogen-bond donors (Lipinski definition) is 0. The Morgan fingerprint density at radius 1 is 0.443 bits per heavy atom. The van der Waals surface area contributed by atoms with Gasteiger partial charge in [-0.1, -0.05) is 164 Å². The Hall–Kier alpha value is -8.71. The van der Waals surface area contributed by atoms with Crippen LogP contribution in [0.15, 0.2) is 218 Å². The zero-order valence-corrected chi connectivity index (χ0v) is 38.6. The fourth-order valence-corrected chi connectivity index (χ4v) is 12.8. The van der Waals surface area contributed by atoms with Crippen LogP contribution in [-0.2, 0) is 5.41 Å². The van der Waals surface area contributed by atoms with Crippen molar-refractivity contribution in [3.8, 4) is 67.9 Å². The van der Waals surface area contributed by atoms with Crippen LogP contribution in [0, 0.1) is 0 Å². The third kappa shape index (κ3) is 5.68. The lowest BCUT2D eigenvalue weighted by molar-refractivity contribution is 0.436. The molecule has 0 radical (unpaired) electrons. The minimum absolute atomic E-state index is 0.624. The van der Waals surface area contributed by atoms with Crippen LogP contribution in [0.3, 0.4) is 0 Å². The molecule has 0 N–H and O–H groups in total. The normalized spacial score (nSPS) is 14.1. The number of ether oxygens (including phenoxy) is 1. The summed E-state index contributed by atoms with van der Waals surface area (Å²) in [5.74, 6) is 3.62. The average Bonchev–Trinajstić information content (AvgIpc) is 4.07. The average molecular weight is 913 g/mol. The first kappa shape index (κ1) is 39.3. The van der Waals surface area contributed by atoms with Gasteiger partial charge in [0.15, 0.2) is 17.5 Å². The second-order valence-corrected chi connectivity index (χ2v) is 19.6. The van der Waals surface area contributed by atoms with E-state index in [0.717, 1.165) is 63.3 Å². The van der Waals surface area contributed by atoms with Gasteiger partial charge in [-0.2, -0.15) is 0 Å². The van der Waals surface area contributed by atoms with Crippen LogP contribution in [0.25, 0.3) is 104 Å². The predicted molar refractivity (Wildman–Crippen MR) is 287 cm³/mol. The summed E-state index contributed by atoms with van der Waals surface area (Å²) < 4.78 is 11.9. The first-order valence-corrected chi connectivity index (χ1v) is 24.8. The molecule has 0 atom stereocenters. The summed E-state index contributed by atoms with van der Waals surface area (Å²) in [4.78, 5) is 15.4. The second-order valence-electron chi connectivity index (χ2n) is 18.5. The van der Waals surface area contributed by atoms with Gasteiger partial charge in [0.2, 0.25) is 0 Å². The van der Waals surface area contributed by atoms with Gasteiger partial charge in [-0.05, 0) is 101 Å². The van der Waals surface area contributed by atoms with Crippen molar-refractivity contribution >= 4 is 59.0 Å². The predicted octanol–water partition coefficient (Wildman–Crippen LogP) is 16.7. The minimum Gasteiger partial charge on any atom is -0.457 e. The van der Waals surface area contributed by atoms with E-state index in [1.54, 1.807) is 0 Å². The zero-order valence-electron chi connectivity index (χ0n) is 37.8. The molecule has 70 heavy (non-hydrogen) atoms. The fraction of sp³-hybridized carbons (Fsp3) is 0.0469. The number of nitrogens with zero attached hydrogens (tertiary/aromatic N) is 4. The monoisotopic (exact) mass is 912 g/mol. The van der Waals surface area contributed by atoms with Gasteiger partial charge in [-0.15, -0.1) is 11.3 Å². The summed E-state index contributed by atoms with van der Waals surface area (Å²) in [6, 6.07) is 72.0. The Bertz CT molecular complexity index is 4120. The van der Waals surface area contributed by atoms with Crippen LogP contribution >= 0.6 is 11.3 Å². The Morgan fingerprint density at radius 3 is 1.71 bits per heavy atom. The molecule has 12 aromatic rings. The highest BCUT2D eigenvalue weighted by Gasteiger charge is 2.51. The molecule has 9 aromatic carbocycles. The molecular weight excluding hydrogens is 873 g/mol. The number of rotatable bonds is 5. The summed E-state index contributed by atoms with van der Waals surface area (Å²) in [5.41, 5.74) is 15.2. The van der Waals surface area contributed by atoms with Gasteiger partial charge in [0, 0.05) is 64.5 Å². The molecule has 0 fully saturated rings. The highest BCUT2D eigenvalue weighted by Crippen LogP contribution is 2.63. The van der Waals surface area contributed by atoms with Crippen molar-refractivity contribution < 1.29 is 4.74 Å². The van der Waals surface area contributed by atoms with Crippen LogP contribution in [0.1, 0.15) is 35.1 Å². The lowest BCUT2D eigenvalue weighted by Crippen LogP contribution is -2.32. The largest absolute Gasteiger partial charge is 0.457 e. The molecule has 0 saturated heterocycles. The summed E-state index contributed by atoms with van der Waals surface area (Å²) >= 11 is 1.88. The van der Waals surface area contributed by atoms with E-state index in [0.29, 0.717) is 17.5 Å². The molecule has 1 aliphatic heterocycles. The quantitative estimate of drug-likeness (QED) is 0.173. The summed E-state index contributed by atoms with van der Waals surface area (Å²) in [7, 11) is 0. The molecule has 2 aliphatic carbocycles. The smallest absolute Gasteiger partial charge is 0.164 e. The molecule has 6 heteroatoms. The molecule has 0 bridgehead atoms. The van der Waals surface area contributed by atoms with E-state index >= 15 is 0 Å². The molecule has 0 unspecified atom stereocenters. The third-order valence-electron chi connectivity index (χ3n) is 14.7. The van der Waals surface area contributed by atoms with E-state index < -0.39 is 5.41 Å². The van der Waals surface area contributed by atoms with Crippen LogP contribution in [-0.4, -0.2) is 19.5 Å². The lowest BCUT2D eigenvalue weighted by atomic mass is 9.66. The van der Waals surface area contributed by atoms with Gasteiger partial charge in [0.25, 0.3) is 0 Å². The highest BCUT2D eigenvalue weighted by molar-refractivity contribution is 7.26. The van der Waals surface area contributed by atoms with Crippen molar-refractivity contribution in [2.75, 3.05) is 0 Å². The molecule has 4 heterocycles. The number of para-hydroxylation sites is 2. The molecule has 0 amide bonds. The van der Waals surface area contributed by atoms with Gasteiger partial charge in [0.1, 0.15) is 11.5 Å². The number of aromatic nitrogens is 4. The van der Waals surface area contributed by atoms with Crippen LogP contribution in [0.5, 0.6) is 11.5 Å².